The fourth-order valence-corrected chi connectivity index (χ4v) is 5.26. The van der Waals surface area contributed by atoms with Crippen molar-refractivity contribution >= 4 is 55.6 Å². The van der Waals surface area contributed by atoms with Crippen molar-refractivity contribution in [3.8, 4) is 0 Å². The van der Waals surface area contributed by atoms with E-state index >= 15 is 0 Å². The summed E-state index contributed by atoms with van der Waals surface area (Å²) in [6.07, 6.45) is 0.594. The highest BCUT2D eigenvalue weighted by molar-refractivity contribution is 7.22. The van der Waals surface area contributed by atoms with Gasteiger partial charge >= 0.3 is 0 Å². The van der Waals surface area contributed by atoms with E-state index < -0.39 is 11.0 Å². The number of hydrazone groups is 1. The molecule has 0 radical (unpaired) electrons. The number of fused-ring (bicyclic) bond motifs is 1. The quantitative estimate of drug-likeness (QED) is 0.472. The Hall–Kier alpha value is -2.44. The van der Waals surface area contributed by atoms with Crippen molar-refractivity contribution < 1.29 is 4.79 Å². The van der Waals surface area contributed by atoms with Gasteiger partial charge in [-0.2, -0.15) is 5.10 Å². The Morgan fingerprint density at radius 3 is 2.63 bits per heavy atom. The fourth-order valence-electron chi connectivity index (χ4n) is 3.85. The molecule has 2 aliphatic rings. The maximum atomic E-state index is 12.8. The number of amides is 1. The molecule has 27 heavy (non-hydrogen) atoms. The Morgan fingerprint density at radius 2 is 1.89 bits per heavy atom. The normalized spacial score (nSPS) is 24.6. The molecule has 2 aliphatic heterocycles. The predicted octanol–water partition coefficient (Wildman–Crippen LogP) is 4.54. The molecule has 1 fully saturated rings. The minimum absolute atomic E-state index is 0.127. The molecule has 0 saturated carbocycles. The number of carbonyl (C=O) groups excluding carboxylic acids is 1. The molecule has 0 bridgehead atoms. The van der Waals surface area contributed by atoms with Gasteiger partial charge in [-0.15, -0.1) is 11.6 Å². The van der Waals surface area contributed by atoms with E-state index in [2.05, 4.69) is 0 Å². The maximum Gasteiger partial charge on any atom is 0.253 e. The number of rotatable bonds is 2. The van der Waals surface area contributed by atoms with Gasteiger partial charge in [0.05, 0.1) is 15.9 Å². The van der Waals surface area contributed by atoms with Crippen molar-refractivity contribution in [3.05, 3.63) is 54.1 Å². The molecule has 1 spiro atoms. The first-order valence-corrected chi connectivity index (χ1v) is 10.0. The van der Waals surface area contributed by atoms with Gasteiger partial charge in [0.2, 0.25) is 0 Å². The zero-order valence-corrected chi connectivity index (χ0v) is 16.5. The van der Waals surface area contributed by atoms with Gasteiger partial charge in [0.15, 0.2) is 16.2 Å². The van der Waals surface area contributed by atoms with Crippen molar-refractivity contribution in [1.29, 1.82) is 0 Å². The minimum atomic E-state index is -0.744. The summed E-state index contributed by atoms with van der Waals surface area (Å²) in [6, 6.07) is 16.0. The molecule has 3 heterocycles. The molecular formula is C20H17ClN4OS. The molecule has 1 aromatic heterocycles. The van der Waals surface area contributed by atoms with E-state index in [1.165, 1.54) is 16.9 Å². The molecule has 0 unspecified atom stereocenters. The Bertz CT molecular complexity index is 1060. The van der Waals surface area contributed by atoms with Gasteiger partial charge in [-0.05, 0) is 38.1 Å². The van der Waals surface area contributed by atoms with Crippen LogP contribution in [0, 0.1) is 6.92 Å². The third-order valence-corrected chi connectivity index (χ3v) is 6.69. The van der Waals surface area contributed by atoms with E-state index in [0.29, 0.717) is 11.6 Å². The molecule has 0 N–H and O–H groups in total. The van der Waals surface area contributed by atoms with E-state index in [1.54, 1.807) is 4.90 Å². The number of halogens is 1. The molecule has 2 aromatic carbocycles. The number of benzene rings is 2. The highest BCUT2D eigenvalue weighted by Gasteiger charge is 2.67. The van der Waals surface area contributed by atoms with Gasteiger partial charge in [-0.25, -0.2) is 9.99 Å². The first kappa shape index (κ1) is 16.7. The van der Waals surface area contributed by atoms with Crippen LogP contribution in [0.2, 0.25) is 0 Å². The van der Waals surface area contributed by atoms with Crippen LogP contribution in [0.1, 0.15) is 18.9 Å². The van der Waals surface area contributed by atoms with Crippen molar-refractivity contribution in [1.82, 2.24) is 4.98 Å². The zero-order chi connectivity index (χ0) is 18.8. The van der Waals surface area contributed by atoms with Crippen LogP contribution in [0.3, 0.4) is 0 Å². The summed E-state index contributed by atoms with van der Waals surface area (Å²) < 4.78 is 1.05. The highest BCUT2D eigenvalue weighted by Crippen LogP contribution is 2.51. The lowest BCUT2D eigenvalue weighted by Gasteiger charge is -2.55. The molecule has 0 aliphatic carbocycles. The predicted molar refractivity (Wildman–Crippen MR) is 111 cm³/mol. The Labute approximate surface area is 165 Å². The number of para-hydroxylation sites is 1. The Morgan fingerprint density at radius 1 is 1.15 bits per heavy atom. The zero-order valence-electron chi connectivity index (χ0n) is 14.9. The van der Waals surface area contributed by atoms with Crippen molar-refractivity contribution in [2.24, 2.45) is 5.10 Å². The van der Waals surface area contributed by atoms with E-state index in [4.69, 9.17) is 21.7 Å². The average Bonchev–Trinajstić information content (AvgIpc) is 3.24. The number of carbonyl (C=O) groups is 1. The van der Waals surface area contributed by atoms with Gasteiger partial charge in [-0.3, -0.25) is 9.69 Å². The molecular weight excluding hydrogens is 380 g/mol. The second-order valence-corrected chi connectivity index (χ2v) is 8.48. The fraction of sp³-hybridized carbons (Fsp3) is 0.250. The summed E-state index contributed by atoms with van der Waals surface area (Å²) in [5, 5.41) is 6.62. The second-order valence-electron chi connectivity index (χ2n) is 7.04. The summed E-state index contributed by atoms with van der Waals surface area (Å²) in [5.74, 6) is -0.127. The van der Waals surface area contributed by atoms with Crippen LogP contribution in [0.25, 0.3) is 10.2 Å². The molecule has 5 rings (SSSR count). The van der Waals surface area contributed by atoms with Gasteiger partial charge < -0.3 is 0 Å². The molecule has 1 saturated heterocycles. The summed E-state index contributed by atoms with van der Waals surface area (Å²) in [4.78, 5) is 19.2. The number of hydrogen-bond acceptors (Lipinski definition) is 5. The van der Waals surface area contributed by atoms with Crippen LogP contribution >= 0.6 is 22.9 Å². The first-order chi connectivity index (χ1) is 13.0. The standard InChI is InChI=1S/C20H17ClN4OS/c1-12-7-9-14(10-8-12)25-20(11-13(2)23-25)17(21)18(26)24(20)19-22-15-5-3-4-6-16(15)27-19/h3-10,17H,11H2,1-2H3/t17-,20+/m0/s1. The highest BCUT2D eigenvalue weighted by atomic mass is 35.5. The number of hydrogen-bond donors (Lipinski definition) is 0. The molecule has 1 amide bonds. The number of aromatic nitrogens is 1. The first-order valence-electron chi connectivity index (χ1n) is 8.75. The SMILES string of the molecule is CC1=NN(c2ccc(C)cc2)[C@]2(C1)[C@@H](Cl)C(=O)N2c1nc2ccccc2s1. The molecule has 3 aromatic rings. The monoisotopic (exact) mass is 396 g/mol. The lowest BCUT2D eigenvalue weighted by Crippen LogP contribution is -2.78. The van der Waals surface area contributed by atoms with Gasteiger partial charge in [0.25, 0.3) is 5.91 Å². The Balaban J connectivity index is 1.63. The van der Waals surface area contributed by atoms with E-state index in [0.717, 1.165) is 21.6 Å². The minimum Gasteiger partial charge on any atom is -0.272 e. The largest absolute Gasteiger partial charge is 0.272 e. The van der Waals surface area contributed by atoms with Crippen LogP contribution in [0.15, 0.2) is 53.6 Å². The number of alkyl halides is 1. The maximum absolute atomic E-state index is 12.8. The van der Waals surface area contributed by atoms with E-state index in [-0.39, 0.29) is 5.91 Å². The Kier molecular flexibility index (Phi) is 3.58. The molecule has 7 heteroatoms. The number of β-lactam (4-membered cyclic amide) rings is 1. The molecule has 5 nitrogen and oxygen atoms in total. The third-order valence-electron chi connectivity index (χ3n) is 5.14. The topological polar surface area (TPSA) is 48.8 Å². The van der Waals surface area contributed by atoms with E-state index in [1.807, 2.05) is 67.4 Å². The van der Waals surface area contributed by atoms with Crippen LogP contribution in [-0.2, 0) is 4.79 Å². The molecule has 136 valence electrons. The lowest BCUT2D eigenvalue weighted by molar-refractivity contribution is -0.126. The lowest BCUT2D eigenvalue weighted by atomic mass is 9.88. The van der Waals surface area contributed by atoms with Crippen LogP contribution < -0.4 is 9.91 Å². The number of anilines is 2. The van der Waals surface area contributed by atoms with E-state index in [9.17, 15) is 4.79 Å². The summed E-state index contributed by atoms with van der Waals surface area (Å²) in [6.45, 7) is 4.02. The summed E-state index contributed by atoms with van der Waals surface area (Å²) >= 11 is 8.12. The third kappa shape index (κ3) is 2.26. The van der Waals surface area contributed by atoms with Gasteiger partial charge in [-0.1, -0.05) is 41.2 Å². The van der Waals surface area contributed by atoms with Gasteiger partial charge in [0.1, 0.15) is 0 Å². The van der Waals surface area contributed by atoms with Crippen molar-refractivity contribution in [2.45, 2.75) is 31.3 Å². The van der Waals surface area contributed by atoms with Crippen molar-refractivity contribution in [3.63, 3.8) is 0 Å². The van der Waals surface area contributed by atoms with Crippen molar-refractivity contribution in [2.75, 3.05) is 9.91 Å². The summed E-state index contributed by atoms with van der Waals surface area (Å²) in [7, 11) is 0. The van der Waals surface area contributed by atoms with Crippen LogP contribution in [-0.4, -0.2) is 27.6 Å². The summed E-state index contributed by atoms with van der Waals surface area (Å²) in [5.41, 5.74) is 3.17. The smallest absolute Gasteiger partial charge is 0.253 e. The van der Waals surface area contributed by atoms with Crippen LogP contribution in [0.5, 0.6) is 0 Å². The van der Waals surface area contributed by atoms with Crippen LogP contribution in [0.4, 0.5) is 10.8 Å². The number of thiazole rings is 1. The number of aryl methyl sites for hydroxylation is 1. The number of nitrogens with zero attached hydrogens (tertiary/aromatic N) is 4. The molecule has 2 atom stereocenters. The van der Waals surface area contributed by atoms with Gasteiger partial charge in [0, 0.05) is 12.1 Å². The second kappa shape index (κ2) is 5.78. The average molecular weight is 397 g/mol.